The molecule has 6 fully saturated rings. The molecule has 2 N–H and O–H groups in total. The fourth-order valence-electron chi connectivity index (χ4n) is 15.0. The van der Waals surface area contributed by atoms with Crippen LogP contribution in [0, 0.1) is 51.2 Å². The number of hydrogen-bond acceptors (Lipinski definition) is 5. The Bertz CT molecular complexity index is 1610. The molecule has 278 valence electrons. The van der Waals surface area contributed by atoms with Gasteiger partial charge in [0.25, 0.3) is 0 Å². The second-order valence-electron chi connectivity index (χ2n) is 19.8. The number of fused-ring (bicyclic) bond motifs is 9. The first-order valence-corrected chi connectivity index (χ1v) is 20.6. The second kappa shape index (κ2) is 12.4. The second-order valence-corrected chi connectivity index (χ2v) is 19.8. The van der Waals surface area contributed by atoms with Crippen molar-refractivity contribution in [1.82, 2.24) is 15.5 Å². The molecular weight excluding hydrogens is 627 g/mol. The highest BCUT2D eigenvalue weighted by molar-refractivity contribution is 5.90. The molecule has 5 heteroatoms. The zero-order valence-corrected chi connectivity index (χ0v) is 33.0. The monoisotopic (exact) mass is 694 g/mol. The van der Waals surface area contributed by atoms with Gasteiger partial charge in [-0.1, -0.05) is 71.6 Å². The Hall–Kier alpha value is -2.21. The van der Waals surface area contributed by atoms with E-state index in [0.29, 0.717) is 46.0 Å². The van der Waals surface area contributed by atoms with Crippen LogP contribution in [0.15, 0.2) is 54.6 Å². The van der Waals surface area contributed by atoms with Crippen LogP contribution in [0.4, 0.5) is 0 Å². The first kappa shape index (κ1) is 35.8. The van der Waals surface area contributed by atoms with Crippen LogP contribution < -0.4 is 10.6 Å². The van der Waals surface area contributed by atoms with Gasteiger partial charge in [-0.05, 0) is 151 Å². The van der Waals surface area contributed by atoms with Crippen molar-refractivity contribution in [3.05, 3.63) is 65.8 Å². The molecular formula is C46H67N3O2. The van der Waals surface area contributed by atoms with Gasteiger partial charge in [-0.15, -0.1) is 0 Å². The van der Waals surface area contributed by atoms with Crippen LogP contribution in [0.1, 0.15) is 122 Å². The molecule has 7 aliphatic rings. The number of allylic oxidation sites excluding steroid dienone is 4. The number of nitrogens with zero attached hydrogens (tertiary/aromatic N) is 1. The summed E-state index contributed by atoms with van der Waals surface area (Å²) in [7, 11) is 1.46. The van der Waals surface area contributed by atoms with Crippen molar-refractivity contribution < 1.29 is 9.53 Å². The van der Waals surface area contributed by atoms with Gasteiger partial charge in [-0.2, -0.15) is 0 Å². The third-order valence-electron chi connectivity index (χ3n) is 17.7. The molecule has 2 aliphatic heterocycles. The van der Waals surface area contributed by atoms with Crippen LogP contribution in [0.2, 0.25) is 0 Å². The van der Waals surface area contributed by atoms with E-state index in [0.717, 1.165) is 25.0 Å². The average molecular weight is 694 g/mol. The van der Waals surface area contributed by atoms with E-state index in [1.165, 1.54) is 107 Å². The Morgan fingerprint density at radius 3 is 2.39 bits per heavy atom. The Kier molecular flexibility index (Phi) is 8.72. The molecule has 5 nitrogen and oxygen atoms in total. The highest BCUT2D eigenvalue weighted by Crippen LogP contribution is 2.76. The third-order valence-corrected chi connectivity index (χ3v) is 17.7. The number of nitrogens with one attached hydrogen (secondary N) is 2. The van der Waals surface area contributed by atoms with Crippen LogP contribution in [-0.4, -0.2) is 61.8 Å². The number of likely N-dealkylation sites (tertiary alicyclic amines) is 1. The molecule has 4 saturated carbocycles. The van der Waals surface area contributed by atoms with E-state index in [1.54, 1.807) is 0 Å². The van der Waals surface area contributed by atoms with Gasteiger partial charge in [0.15, 0.2) is 0 Å². The van der Waals surface area contributed by atoms with E-state index in [2.05, 4.69) is 81.9 Å². The number of hydrogen-bond donors (Lipinski definition) is 2. The molecule has 2 heterocycles. The van der Waals surface area contributed by atoms with Gasteiger partial charge in [0.2, 0.25) is 0 Å². The lowest BCUT2D eigenvalue weighted by molar-refractivity contribution is -0.219. The van der Waals surface area contributed by atoms with Crippen molar-refractivity contribution in [3.8, 4) is 0 Å². The molecule has 0 aromatic heterocycles. The standard InChI is InChI=1S/C46H67N3O2/c1-29(2)30(3)35-16-21-46(48-24-25-49-28-33-26-34(49)27-47-33)23-22-44(7)37(40(35)46)14-15-39-43(6)19-17-36(31-10-12-32(13-11-31)41(50)51-9)42(4,5)38(43)18-20-45(39,44)8/h10-13,17,33-35,37-40,47-48H,1,3,14-16,18-28H2,2,4-9H3/t33-,34?,35-,37+,38?,39?,40?,43-,44+,45+,46-/m0/s1. The quantitative estimate of drug-likeness (QED) is 0.210. The van der Waals surface area contributed by atoms with Crippen LogP contribution in [0.5, 0.6) is 0 Å². The lowest BCUT2D eigenvalue weighted by atomic mass is 9.33. The minimum Gasteiger partial charge on any atom is -0.465 e. The van der Waals surface area contributed by atoms with E-state index in [4.69, 9.17) is 11.3 Å². The van der Waals surface area contributed by atoms with Crippen LogP contribution in [-0.2, 0) is 4.74 Å². The van der Waals surface area contributed by atoms with E-state index >= 15 is 0 Å². The molecule has 51 heavy (non-hydrogen) atoms. The third kappa shape index (κ3) is 5.20. The zero-order chi connectivity index (χ0) is 36.1. The molecule has 1 aromatic carbocycles. The van der Waals surface area contributed by atoms with Crippen molar-refractivity contribution in [1.29, 1.82) is 0 Å². The molecule has 8 rings (SSSR count). The molecule has 2 saturated heterocycles. The average Bonchev–Trinajstić information content (AvgIpc) is 3.83. The molecule has 11 atom stereocenters. The van der Waals surface area contributed by atoms with Crippen LogP contribution in [0.3, 0.4) is 0 Å². The van der Waals surface area contributed by atoms with Gasteiger partial charge in [0.1, 0.15) is 0 Å². The van der Waals surface area contributed by atoms with Crippen molar-refractivity contribution in [3.63, 3.8) is 0 Å². The summed E-state index contributed by atoms with van der Waals surface area (Å²) < 4.78 is 4.98. The fraction of sp³-hybridized carbons (Fsp3) is 0.717. The van der Waals surface area contributed by atoms with Gasteiger partial charge >= 0.3 is 5.97 Å². The lowest BCUT2D eigenvalue weighted by Gasteiger charge is -2.72. The topological polar surface area (TPSA) is 53.6 Å². The predicted molar refractivity (Wildman–Crippen MR) is 209 cm³/mol. The maximum atomic E-state index is 12.2. The highest BCUT2D eigenvalue weighted by atomic mass is 16.5. The highest BCUT2D eigenvalue weighted by Gasteiger charge is 2.70. The molecule has 1 aromatic rings. The van der Waals surface area contributed by atoms with Crippen molar-refractivity contribution >= 4 is 11.5 Å². The zero-order valence-electron chi connectivity index (χ0n) is 33.0. The summed E-state index contributed by atoms with van der Waals surface area (Å²) in [5.41, 5.74) is 7.07. The Labute approximate surface area is 309 Å². The number of carbonyl (C=O) groups is 1. The van der Waals surface area contributed by atoms with Gasteiger partial charge in [0, 0.05) is 43.8 Å². The summed E-state index contributed by atoms with van der Waals surface area (Å²) in [4.78, 5) is 14.9. The number of methoxy groups -OCH3 is 1. The first-order valence-electron chi connectivity index (χ1n) is 20.6. The summed E-state index contributed by atoms with van der Waals surface area (Å²) in [6.07, 6.45) is 15.6. The summed E-state index contributed by atoms with van der Waals surface area (Å²) in [6.45, 7) is 29.4. The van der Waals surface area contributed by atoms with E-state index in [-0.39, 0.29) is 22.3 Å². The molecule has 5 aliphatic carbocycles. The molecule has 0 amide bonds. The van der Waals surface area contributed by atoms with E-state index in [1.807, 2.05) is 12.1 Å². The minimum absolute atomic E-state index is 0.0607. The molecule has 2 bridgehead atoms. The summed E-state index contributed by atoms with van der Waals surface area (Å²) >= 11 is 0. The smallest absolute Gasteiger partial charge is 0.337 e. The SMILES string of the molecule is C=C(C)C(=C)[C@@H]1CC[C@]2(NCCN3C[C@@H]4CC3CN4)CC[C@]3(C)[C@H](CCC4[C@@]5(C)CC=C(c6ccc(C(=O)OC)cc6)C(C)(C)C5CC[C@]43C)C12. The maximum Gasteiger partial charge on any atom is 0.337 e. The summed E-state index contributed by atoms with van der Waals surface area (Å²) in [6, 6.07) is 9.64. The molecule has 0 spiro atoms. The molecule has 0 radical (unpaired) electrons. The molecule has 4 unspecified atom stereocenters. The normalized spacial score (nSPS) is 43.7. The Morgan fingerprint density at radius 2 is 1.73 bits per heavy atom. The van der Waals surface area contributed by atoms with E-state index < -0.39 is 0 Å². The van der Waals surface area contributed by atoms with Gasteiger partial charge < -0.3 is 15.4 Å². The minimum atomic E-state index is -0.267. The number of ether oxygens (including phenoxy) is 1. The van der Waals surface area contributed by atoms with Crippen molar-refractivity contribution in [2.45, 2.75) is 123 Å². The number of carbonyl (C=O) groups excluding carboxylic acids is 1. The van der Waals surface area contributed by atoms with Crippen molar-refractivity contribution in [2.24, 2.45) is 51.2 Å². The number of esters is 1. The van der Waals surface area contributed by atoms with Crippen molar-refractivity contribution in [2.75, 3.05) is 33.3 Å². The predicted octanol–water partition coefficient (Wildman–Crippen LogP) is 9.07. The lowest BCUT2D eigenvalue weighted by Crippen LogP contribution is -2.68. The number of rotatable bonds is 8. The van der Waals surface area contributed by atoms with Gasteiger partial charge in [0.05, 0.1) is 12.7 Å². The van der Waals surface area contributed by atoms with Crippen LogP contribution in [0.25, 0.3) is 5.57 Å². The number of piperazine rings is 1. The van der Waals surface area contributed by atoms with Crippen LogP contribution >= 0.6 is 0 Å². The first-order chi connectivity index (χ1) is 24.2. The number of benzene rings is 1. The van der Waals surface area contributed by atoms with Gasteiger partial charge in [-0.25, -0.2) is 4.79 Å². The Morgan fingerprint density at radius 1 is 0.961 bits per heavy atom. The fourth-order valence-corrected chi connectivity index (χ4v) is 15.0. The maximum absolute atomic E-state index is 12.2. The largest absolute Gasteiger partial charge is 0.465 e. The van der Waals surface area contributed by atoms with E-state index in [9.17, 15) is 4.79 Å². The summed E-state index contributed by atoms with van der Waals surface area (Å²) in [5, 5.41) is 8.07. The summed E-state index contributed by atoms with van der Waals surface area (Å²) in [5.74, 6) is 2.98. The Balaban J connectivity index is 1.07. The van der Waals surface area contributed by atoms with Gasteiger partial charge in [-0.3, -0.25) is 4.90 Å².